The Kier molecular flexibility index (Phi) is 5.87. The summed E-state index contributed by atoms with van der Waals surface area (Å²) in [6.45, 7) is 3.70. The Labute approximate surface area is 118 Å². The van der Waals surface area contributed by atoms with Crippen LogP contribution >= 0.6 is 11.8 Å². The number of thioether (sulfide) groups is 1. The number of rotatable bonds is 6. The first-order valence-electron chi connectivity index (χ1n) is 5.88. The van der Waals surface area contributed by atoms with E-state index in [1.807, 2.05) is 6.92 Å². The fourth-order valence-corrected chi connectivity index (χ4v) is 2.16. The lowest BCUT2D eigenvalue weighted by molar-refractivity contribution is -0.387. The third kappa shape index (κ3) is 4.16. The number of nitro benzene ring substituents is 1. The Bertz CT molecular complexity index is 526. The number of carbonyl (C=O) groups excluding carboxylic acids is 1. The molecule has 0 fully saturated rings. The molecule has 8 heteroatoms. The van der Waals surface area contributed by atoms with Gasteiger partial charge in [-0.2, -0.15) is 16.2 Å². The van der Waals surface area contributed by atoms with Gasteiger partial charge in [0.2, 0.25) is 5.82 Å². The highest BCUT2D eigenvalue weighted by Crippen LogP contribution is 2.21. The first-order valence-corrected chi connectivity index (χ1v) is 7.04. The topological polar surface area (TPSA) is 72.2 Å². The molecule has 1 N–H and O–H groups in total. The van der Waals surface area contributed by atoms with Crippen LogP contribution in [0, 0.1) is 21.7 Å². The molecule has 0 aromatic heterocycles. The standard InChI is InChI=1S/C12H14F2N2O3S/c1-3-20-6-7(2)15-12(17)8-4-10(14)11(16(18)19)5-9(8)13/h4-5,7H,3,6H2,1-2H3,(H,15,17). The molecule has 20 heavy (non-hydrogen) atoms. The second-order valence-corrected chi connectivity index (χ2v) is 5.39. The van der Waals surface area contributed by atoms with Gasteiger partial charge in [0.15, 0.2) is 0 Å². The summed E-state index contributed by atoms with van der Waals surface area (Å²) < 4.78 is 27.0. The molecule has 0 aliphatic heterocycles. The summed E-state index contributed by atoms with van der Waals surface area (Å²) in [6, 6.07) is 0.739. The van der Waals surface area contributed by atoms with Gasteiger partial charge < -0.3 is 5.32 Å². The van der Waals surface area contributed by atoms with Gasteiger partial charge in [-0.15, -0.1) is 0 Å². The van der Waals surface area contributed by atoms with Crippen molar-refractivity contribution in [1.29, 1.82) is 0 Å². The molecule has 0 aliphatic carbocycles. The summed E-state index contributed by atoms with van der Waals surface area (Å²) in [4.78, 5) is 21.2. The van der Waals surface area contributed by atoms with E-state index in [9.17, 15) is 23.7 Å². The van der Waals surface area contributed by atoms with E-state index < -0.39 is 33.7 Å². The van der Waals surface area contributed by atoms with E-state index >= 15 is 0 Å². The lowest BCUT2D eigenvalue weighted by Crippen LogP contribution is -2.34. The quantitative estimate of drug-likeness (QED) is 0.648. The molecule has 1 unspecified atom stereocenters. The van der Waals surface area contributed by atoms with Gasteiger partial charge in [0.1, 0.15) is 5.82 Å². The minimum absolute atomic E-state index is 0.217. The third-order valence-corrected chi connectivity index (χ3v) is 3.57. The van der Waals surface area contributed by atoms with Crippen LogP contribution in [0.25, 0.3) is 0 Å². The number of amides is 1. The molecule has 0 bridgehead atoms. The highest BCUT2D eigenvalue weighted by molar-refractivity contribution is 7.99. The molecule has 0 saturated carbocycles. The van der Waals surface area contributed by atoms with E-state index in [0.29, 0.717) is 17.9 Å². The highest BCUT2D eigenvalue weighted by atomic mass is 32.2. The van der Waals surface area contributed by atoms with Gasteiger partial charge in [0.05, 0.1) is 16.6 Å². The van der Waals surface area contributed by atoms with Crippen LogP contribution in [-0.4, -0.2) is 28.4 Å². The predicted molar refractivity (Wildman–Crippen MR) is 72.9 cm³/mol. The Morgan fingerprint density at radius 3 is 2.65 bits per heavy atom. The van der Waals surface area contributed by atoms with Crippen LogP contribution in [-0.2, 0) is 0 Å². The molecule has 1 amide bonds. The van der Waals surface area contributed by atoms with Crippen molar-refractivity contribution < 1.29 is 18.5 Å². The van der Waals surface area contributed by atoms with Gasteiger partial charge in [0.25, 0.3) is 5.91 Å². The van der Waals surface area contributed by atoms with Crippen LogP contribution in [0.1, 0.15) is 24.2 Å². The minimum atomic E-state index is -1.24. The maximum Gasteiger partial charge on any atom is 0.307 e. The molecule has 5 nitrogen and oxygen atoms in total. The normalized spacial score (nSPS) is 12.0. The van der Waals surface area contributed by atoms with Gasteiger partial charge in [-0.25, -0.2) is 4.39 Å². The van der Waals surface area contributed by atoms with Crippen molar-refractivity contribution in [3.8, 4) is 0 Å². The molecule has 0 radical (unpaired) electrons. The fourth-order valence-electron chi connectivity index (χ4n) is 1.49. The number of nitrogens with zero attached hydrogens (tertiary/aromatic N) is 1. The van der Waals surface area contributed by atoms with Gasteiger partial charge in [0, 0.05) is 11.8 Å². The molecule has 0 spiro atoms. The number of nitrogens with one attached hydrogen (secondary N) is 1. The molecule has 1 atom stereocenters. The molecule has 1 aromatic rings. The second-order valence-electron chi connectivity index (χ2n) is 4.07. The number of nitro groups is 1. The first-order chi connectivity index (χ1) is 9.36. The Morgan fingerprint density at radius 1 is 1.45 bits per heavy atom. The summed E-state index contributed by atoms with van der Waals surface area (Å²) in [7, 11) is 0. The van der Waals surface area contributed by atoms with Gasteiger partial charge in [-0.05, 0) is 18.7 Å². The van der Waals surface area contributed by atoms with E-state index in [1.165, 1.54) is 0 Å². The molecule has 0 heterocycles. The smallest absolute Gasteiger partial charge is 0.307 e. The fraction of sp³-hybridized carbons (Fsp3) is 0.417. The van der Waals surface area contributed by atoms with Crippen molar-refractivity contribution in [1.82, 2.24) is 5.32 Å². The first kappa shape index (κ1) is 16.4. The summed E-state index contributed by atoms with van der Waals surface area (Å²) in [5.74, 6) is -1.64. The Hall–Kier alpha value is -1.70. The number of carbonyl (C=O) groups is 1. The van der Waals surface area contributed by atoms with E-state index in [0.717, 1.165) is 5.75 Å². The van der Waals surface area contributed by atoms with Crippen molar-refractivity contribution in [2.75, 3.05) is 11.5 Å². The highest BCUT2D eigenvalue weighted by Gasteiger charge is 2.22. The number of halogens is 2. The molecule has 0 saturated heterocycles. The largest absolute Gasteiger partial charge is 0.349 e. The third-order valence-electron chi connectivity index (χ3n) is 2.43. The summed E-state index contributed by atoms with van der Waals surface area (Å²) in [5.41, 5.74) is -1.53. The maximum atomic E-state index is 13.6. The van der Waals surface area contributed by atoms with Crippen LogP contribution in [0.2, 0.25) is 0 Å². The zero-order valence-electron chi connectivity index (χ0n) is 11.0. The van der Waals surface area contributed by atoms with Crippen molar-refractivity contribution >= 4 is 23.4 Å². The van der Waals surface area contributed by atoms with Crippen molar-refractivity contribution in [3.63, 3.8) is 0 Å². The monoisotopic (exact) mass is 304 g/mol. The second kappa shape index (κ2) is 7.18. The average molecular weight is 304 g/mol. The van der Waals surface area contributed by atoms with Crippen LogP contribution in [0.5, 0.6) is 0 Å². The summed E-state index contributed by atoms with van der Waals surface area (Å²) in [6.07, 6.45) is 0. The molecule has 1 rings (SSSR count). The zero-order chi connectivity index (χ0) is 15.3. The summed E-state index contributed by atoms with van der Waals surface area (Å²) >= 11 is 1.60. The van der Waals surface area contributed by atoms with Crippen LogP contribution in [0.3, 0.4) is 0 Å². The lowest BCUT2D eigenvalue weighted by Gasteiger charge is -2.13. The Morgan fingerprint density at radius 2 is 2.10 bits per heavy atom. The minimum Gasteiger partial charge on any atom is -0.349 e. The van der Waals surface area contributed by atoms with E-state index in [2.05, 4.69) is 5.32 Å². The van der Waals surface area contributed by atoms with Crippen molar-refractivity contribution in [3.05, 3.63) is 39.4 Å². The van der Waals surface area contributed by atoms with E-state index in [1.54, 1.807) is 18.7 Å². The van der Waals surface area contributed by atoms with Gasteiger partial charge in [-0.1, -0.05) is 6.92 Å². The SMILES string of the molecule is CCSCC(C)NC(=O)c1cc(F)c([N+](=O)[O-])cc1F. The van der Waals surface area contributed by atoms with E-state index in [-0.39, 0.29) is 6.04 Å². The lowest BCUT2D eigenvalue weighted by atomic mass is 10.1. The molecule has 110 valence electrons. The maximum absolute atomic E-state index is 13.6. The number of benzene rings is 1. The van der Waals surface area contributed by atoms with Crippen molar-refractivity contribution in [2.45, 2.75) is 19.9 Å². The Balaban J connectivity index is 2.89. The van der Waals surface area contributed by atoms with Gasteiger partial charge >= 0.3 is 5.69 Å². The molecular formula is C12H14F2N2O3S. The predicted octanol–water partition coefficient (Wildman–Crippen LogP) is 2.74. The van der Waals surface area contributed by atoms with Gasteiger partial charge in [-0.3, -0.25) is 14.9 Å². The molecular weight excluding hydrogens is 290 g/mol. The van der Waals surface area contributed by atoms with Crippen LogP contribution < -0.4 is 5.32 Å². The van der Waals surface area contributed by atoms with E-state index in [4.69, 9.17) is 0 Å². The molecule has 0 aliphatic rings. The summed E-state index contributed by atoms with van der Waals surface area (Å²) in [5, 5.41) is 13.0. The molecule has 1 aromatic carbocycles. The number of hydrogen-bond acceptors (Lipinski definition) is 4. The number of hydrogen-bond donors (Lipinski definition) is 1. The average Bonchev–Trinajstić information content (AvgIpc) is 2.38. The zero-order valence-corrected chi connectivity index (χ0v) is 11.8. The van der Waals surface area contributed by atoms with Crippen molar-refractivity contribution in [2.24, 2.45) is 0 Å². The van der Waals surface area contributed by atoms with Crippen LogP contribution in [0.15, 0.2) is 12.1 Å². The van der Waals surface area contributed by atoms with Crippen LogP contribution in [0.4, 0.5) is 14.5 Å².